The fraction of sp³-hybridized carbons (Fsp3) is 0.318. The van der Waals surface area contributed by atoms with Crippen LogP contribution in [0.15, 0.2) is 59.0 Å². The molecular formula is C22H26N2O3. The van der Waals surface area contributed by atoms with Crippen LogP contribution < -0.4 is 10.1 Å². The van der Waals surface area contributed by atoms with Gasteiger partial charge in [0, 0.05) is 11.9 Å². The van der Waals surface area contributed by atoms with Gasteiger partial charge in [0.25, 0.3) is 0 Å². The summed E-state index contributed by atoms with van der Waals surface area (Å²) in [7, 11) is 1.91. The van der Waals surface area contributed by atoms with Crippen molar-refractivity contribution < 1.29 is 13.9 Å². The molecule has 0 aliphatic rings. The average molecular weight is 366 g/mol. The van der Waals surface area contributed by atoms with E-state index < -0.39 is 0 Å². The SMILES string of the molecule is Cc1cccc(OCCN(C)CC(=O)NC(C)c2cc3ccccc3o2)c1. The van der Waals surface area contributed by atoms with Crippen LogP contribution in [0.2, 0.25) is 0 Å². The maximum absolute atomic E-state index is 12.3. The van der Waals surface area contributed by atoms with Crippen LogP contribution in [0.5, 0.6) is 5.75 Å². The van der Waals surface area contributed by atoms with Crippen LogP contribution in [0, 0.1) is 6.92 Å². The van der Waals surface area contributed by atoms with Gasteiger partial charge in [0.1, 0.15) is 23.7 Å². The zero-order valence-corrected chi connectivity index (χ0v) is 16.1. The number of carbonyl (C=O) groups is 1. The molecule has 0 spiro atoms. The first-order chi connectivity index (χ1) is 13.0. The third-order valence-corrected chi connectivity index (χ3v) is 4.39. The van der Waals surface area contributed by atoms with Gasteiger partial charge in [-0.15, -0.1) is 0 Å². The number of nitrogens with one attached hydrogen (secondary N) is 1. The van der Waals surface area contributed by atoms with E-state index in [-0.39, 0.29) is 11.9 Å². The van der Waals surface area contributed by atoms with Crippen molar-refractivity contribution >= 4 is 16.9 Å². The van der Waals surface area contributed by atoms with E-state index in [2.05, 4.69) is 5.32 Å². The fourth-order valence-corrected chi connectivity index (χ4v) is 2.92. The Labute approximate surface area is 159 Å². The number of hydrogen-bond acceptors (Lipinski definition) is 4. The molecule has 1 heterocycles. The van der Waals surface area contributed by atoms with Crippen LogP contribution in [-0.2, 0) is 4.79 Å². The summed E-state index contributed by atoms with van der Waals surface area (Å²) in [5.74, 6) is 1.57. The van der Waals surface area contributed by atoms with E-state index in [4.69, 9.17) is 9.15 Å². The number of rotatable bonds is 8. The summed E-state index contributed by atoms with van der Waals surface area (Å²) >= 11 is 0. The number of ether oxygens (including phenoxy) is 1. The van der Waals surface area contributed by atoms with Gasteiger partial charge in [0.2, 0.25) is 5.91 Å². The Morgan fingerprint density at radius 1 is 1.19 bits per heavy atom. The van der Waals surface area contributed by atoms with Crippen LogP contribution >= 0.6 is 0 Å². The number of furan rings is 1. The molecule has 0 aliphatic heterocycles. The van der Waals surface area contributed by atoms with Crippen LogP contribution in [0.3, 0.4) is 0 Å². The molecular weight excluding hydrogens is 340 g/mol. The summed E-state index contributed by atoms with van der Waals surface area (Å²) in [6, 6.07) is 17.6. The maximum atomic E-state index is 12.3. The molecule has 0 saturated heterocycles. The second-order valence-corrected chi connectivity index (χ2v) is 6.88. The summed E-state index contributed by atoms with van der Waals surface area (Å²) < 4.78 is 11.5. The van der Waals surface area contributed by atoms with Crippen LogP contribution in [0.25, 0.3) is 11.0 Å². The summed E-state index contributed by atoms with van der Waals surface area (Å²) in [6.07, 6.45) is 0. The average Bonchev–Trinajstić information content (AvgIpc) is 3.06. The van der Waals surface area contributed by atoms with E-state index in [0.29, 0.717) is 19.7 Å². The number of likely N-dealkylation sites (N-methyl/N-ethyl adjacent to an activating group) is 1. The quantitative estimate of drug-likeness (QED) is 0.656. The van der Waals surface area contributed by atoms with Gasteiger partial charge in [-0.2, -0.15) is 0 Å². The summed E-state index contributed by atoms with van der Waals surface area (Å²) in [5.41, 5.74) is 2.00. The first-order valence-electron chi connectivity index (χ1n) is 9.17. The number of benzene rings is 2. The number of para-hydroxylation sites is 1. The molecule has 5 heteroatoms. The van der Waals surface area contributed by atoms with Crippen molar-refractivity contribution in [3.8, 4) is 5.75 Å². The molecule has 0 saturated carbocycles. The zero-order chi connectivity index (χ0) is 19.2. The predicted octanol–water partition coefficient (Wildman–Crippen LogP) is 3.93. The molecule has 0 aliphatic carbocycles. The summed E-state index contributed by atoms with van der Waals surface area (Å²) in [4.78, 5) is 14.2. The number of carbonyl (C=O) groups excluding carboxylic acids is 1. The smallest absolute Gasteiger partial charge is 0.234 e. The molecule has 1 amide bonds. The Kier molecular flexibility index (Phi) is 6.14. The first-order valence-corrected chi connectivity index (χ1v) is 9.17. The minimum Gasteiger partial charge on any atom is -0.492 e. The van der Waals surface area contributed by atoms with Gasteiger partial charge in [-0.3, -0.25) is 9.69 Å². The monoisotopic (exact) mass is 366 g/mol. The van der Waals surface area contributed by atoms with Crippen molar-refractivity contribution in [1.82, 2.24) is 10.2 Å². The predicted molar refractivity (Wildman–Crippen MR) is 107 cm³/mol. The second-order valence-electron chi connectivity index (χ2n) is 6.88. The number of aryl methyl sites for hydroxylation is 1. The number of fused-ring (bicyclic) bond motifs is 1. The molecule has 1 atom stereocenters. The highest BCUT2D eigenvalue weighted by Gasteiger charge is 2.15. The number of hydrogen-bond donors (Lipinski definition) is 1. The van der Waals surface area contributed by atoms with Crippen molar-refractivity contribution in [3.05, 3.63) is 65.9 Å². The Balaban J connectivity index is 1.43. The van der Waals surface area contributed by atoms with Gasteiger partial charge < -0.3 is 14.5 Å². The Bertz CT molecular complexity index is 870. The van der Waals surface area contributed by atoms with E-state index in [1.165, 1.54) is 5.56 Å². The molecule has 0 bridgehead atoms. The molecule has 1 unspecified atom stereocenters. The van der Waals surface area contributed by atoms with Crippen LogP contribution in [0.4, 0.5) is 0 Å². The third kappa shape index (κ3) is 5.34. The van der Waals surface area contributed by atoms with Gasteiger partial charge in [0.05, 0.1) is 12.6 Å². The molecule has 0 radical (unpaired) electrons. The first kappa shape index (κ1) is 19.0. The Morgan fingerprint density at radius 3 is 2.78 bits per heavy atom. The van der Waals surface area contributed by atoms with Gasteiger partial charge in [-0.05, 0) is 50.7 Å². The molecule has 1 aromatic heterocycles. The van der Waals surface area contributed by atoms with E-state index in [9.17, 15) is 4.79 Å². The molecule has 27 heavy (non-hydrogen) atoms. The van der Waals surface area contributed by atoms with E-state index in [0.717, 1.165) is 22.5 Å². The van der Waals surface area contributed by atoms with Gasteiger partial charge in [0.15, 0.2) is 0 Å². The molecule has 2 aromatic carbocycles. The van der Waals surface area contributed by atoms with Gasteiger partial charge in [-0.25, -0.2) is 0 Å². The molecule has 5 nitrogen and oxygen atoms in total. The Morgan fingerprint density at radius 2 is 2.00 bits per heavy atom. The van der Waals surface area contributed by atoms with Crippen molar-refractivity contribution in [1.29, 1.82) is 0 Å². The summed E-state index contributed by atoms with van der Waals surface area (Å²) in [6.45, 7) is 5.47. The number of amides is 1. The highest BCUT2D eigenvalue weighted by atomic mass is 16.5. The lowest BCUT2D eigenvalue weighted by Gasteiger charge is -2.18. The zero-order valence-electron chi connectivity index (χ0n) is 16.1. The molecule has 142 valence electrons. The molecule has 3 aromatic rings. The van der Waals surface area contributed by atoms with Gasteiger partial charge in [-0.1, -0.05) is 30.3 Å². The second kappa shape index (κ2) is 8.73. The molecule has 1 N–H and O–H groups in total. The Hall–Kier alpha value is -2.79. The lowest BCUT2D eigenvalue weighted by Crippen LogP contribution is -2.37. The molecule has 0 fully saturated rings. The van der Waals surface area contributed by atoms with Crippen LogP contribution in [0.1, 0.15) is 24.3 Å². The highest BCUT2D eigenvalue weighted by molar-refractivity contribution is 5.80. The lowest BCUT2D eigenvalue weighted by molar-refractivity contribution is -0.122. The van der Waals surface area contributed by atoms with Crippen molar-refractivity contribution in [2.45, 2.75) is 19.9 Å². The van der Waals surface area contributed by atoms with E-state index >= 15 is 0 Å². The van der Waals surface area contributed by atoms with E-state index in [1.54, 1.807) is 0 Å². The minimum absolute atomic E-state index is 0.0407. The van der Waals surface area contributed by atoms with Crippen molar-refractivity contribution in [2.75, 3.05) is 26.7 Å². The van der Waals surface area contributed by atoms with E-state index in [1.807, 2.05) is 80.4 Å². The lowest BCUT2D eigenvalue weighted by atomic mass is 10.2. The fourth-order valence-electron chi connectivity index (χ4n) is 2.92. The van der Waals surface area contributed by atoms with Crippen LogP contribution in [-0.4, -0.2) is 37.6 Å². The van der Waals surface area contributed by atoms with Gasteiger partial charge >= 0.3 is 0 Å². The largest absolute Gasteiger partial charge is 0.492 e. The maximum Gasteiger partial charge on any atom is 0.234 e. The highest BCUT2D eigenvalue weighted by Crippen LogP contribution is 2.23. The standard InChI is InChI=1S/C22H26N2O3/c1-16-7-6-9-19(13-16)26-12-11-24(3)15-22(25)23-17(2)21-14-18-8-4-5-10-20(18)27-21/h4-10,13-14,17H,11-12,15H2,1-3H3,(H,23,25). The third-order valence-electron chi connectivity index (χ3n) is 4.39. The number of nitrogens with zero attached hydrogens (tertiary/aromatic N) is 1. The normalized spacial score (nSPS) is 12.3. The topological polar surface area (TPSA) is 54.7 Å². The minimum atomic E-state index is -0.179. The van der Waals surface area contributed by atoms with Crippen molar-refractivity contribution in [2.24, 2.45) is 0 Å². The molecule has 3 rings (SSSR count). The van der Waals surface area contributed by atoms with Crippen molar-refractivity contribution in [3.63, 3.8) is 0 Å². The summed E-state index contributed by atoms with van der Waals surface area (Å²) in [5, 5.41) is 4.03.